The highest BCUT2D eigenvalue weighted by Crippen LogP contribution is 2.15. The second-order valence-electron chi connectivity index (χ2n) is 2.74. The van der Waals surface area contributed by atoms with Gasteiger partial charge < -0.3 is 0 Å². The Bertz CT molecular complexity index is 429. The molecule has 0 radical (unpaired) electrons. The number of halogens is 2. The van der Waals surface area contributed by atoms with Crippen LogP contribution in [0, 0.1) is 5.82 Å². The summed E-state index contributed by atoms with van der Waals surface area (Å²) >= 11 is 3.19. The number of hydrogen-bond donors (Lipinski definition) is 0. The quantitative estimate of drug-likeness (QED) is 0.821. The van der Waals surface area contributed by atoms with Crippen LogP contribution in [0.2, 0.25) is 0 Å². The Kier molecular flexibility index (Phi) is 2.53. The molecule has 1 aromatic carbocycles. The highest BCUT2D eigenvalue weighted by atomic mass is 79.9. The molecule has 0 aliphatic carbocycles. The van der Waals surface area contributed by atoms with E-state index in [1.807, 2.05) is 0 Å². The molecule has 72 valence electrons. The maximum atomic E-state index is 13.3. The number of aromatic nitrogens is 4. The van der Waals surface area contributed by atoms with Crippen LogP contribution in [0.15, 0.2) is 29.0 Å². The van der Waals surface area contributed by atoms with Gasteiger partial charge in [-0.05, 0) is 22.6 Å². The normalized spacial score (nSPS) is 10.4. The van der Waals surface area contributed by atoms with Gasteiger partial charge in [-0.3, -0.25) is 0 Å². The predicted octanol–water partition coefficient (Wildman–Crippen LogP) is 1.62. The molecule has 0 aliphatic rings. The van der Waals surface area contributed by atoms with E-state index < -0.39 is 0 Å². The maximum absolute atomic E-state index is 13.3. The van der Waals surface area contributed by atoms with Crippen LogP contribution in [0.4, 0.5) is 4.39 Å². The molecule has 1 heterocycles. The van der Waals surface area contributed by atoms with Gasteiger partial charge in [0.25, 0.3) is 0 Å². The molecule has 0 saturated heterocycles. The first-order valence-corrected chi connectivity index (χ1v) is 4.70. The van der Waals surface area contributed by atoms with Crippen molar-refractivity contribution in [3.05, 3.63) is 40.4 Å². The van der Waals surface area contributed by atoms with Gasteiger partial charge in [-0.25, -0.2) is 9.07 Å². The molecule has 0 spiro atoms. The van der Waals surface area contributed by atoms with Crippen molar-refractivity contribution < 1.29 is 4.39 Å². The fourth-order valence-electron chi connectivity index (χ4n) is 1.08. The second kappa shape index (κ2) is 3.83. The van der Waals surface area contributed by atoms with Gasteiger partial charge in [-0.1, -0.05) is 22.0 Å². The molecule has 0 amide bonds. The summed E-state index contributed by atoms with van der Waals surface area (Å²) in [6.45, 7) is 0.339. The van der Waals surface area contributed by atoms with Crippen LogP contribution < -0.4 is 0 Å². The molecule has 1 aromatic heterocycles. The Balaban J connectivity index is 2.25. The molecule has 0 unspecified atom stereocenters. The van der Waals surface area contributed by atoms with E-state index in [2.05, 4.69) is 31.5 Å². The molecule has 0 N–H and O–H groups in total. The van der Waals surface area contributed by atoms with Crippen LogP contribution in [0.3, 0.4) is 0 Å². The average molecular weight is 257 g/mol. The summed E-state index contributed by atoms with van der Waals surface area (Å²) in [4.78, 5) is 0. The molecular weight excluding hydrogens is 251 g/mol. The fraction of sp³-hybridized carbons (Fsp3) is 0.125. The smallest absolute Gasteiger partial charge is 0.138 e. The third-order valence-corrected chi connectivity index (χ3v) is 2.23. The molecule has 0 atom stereocenters. The van der Waals surface area contributed by atoms with E-state index in [1.54, 1.807) is 12.1 Å². The maximum Gasteiger partial charge on any atom is 0.138 e. The third kappa shape index (κ3) is 1.95. The Morgan fingerprint density at radius 3 is 2.93 bits per heavy atom. The van der Waals surface area contributed by atoms with Crippen molar-refractivity contribution in [2.24, 2.45) is 0 Å². The summed E-state index contributed by atoms with van der Waals surface area (Å²) in [5.41, 5.74) is 0.556. The van der Waals surface area contributed by atoms with Crippen LogP contribution >= 0.6 is 15.9 Å². The van der Waals surface area contributed by atoms with E-state index in [0.29, 0.717) is 12.1 Å². The summed E-state index contributed by atoms with van der Waals surface area (Å²) in [6, 6.07) is 4.89. The van der Waals surface area contributed by atoms with Crippen molar-refractivity contribution in [3.8, 4) is 0 Å². The SMILES string of the molecule is Fc1cc(Br)ccc1Cn1cnnn1. The lowest BCUT2D eigenvalue weighted by molar-refractivity contribution is 0.576. The highest BCUT2D eigenvalue weighted by Gasteiger charge is 2.03. The first kappa shape index (κ1) is 9.26. The summed E-state index contributed by atoms with van der Waals surface area (Å²) in [5, 5.41) is 10.6. The number of tetrazole rings is 1. The second-order valence-corrected chi connectivity index (χ2v) is 3.66. The molecule has 0 saturated carbocycles. The van der Waals surface area contributed by atoms with Crippen LogP contribution in [0.25, 0.3) is 0 Å². The number of hydrogen-bond acceptors (Lipinski definition) is 3. The third-order valence-electron chi connectivity index (χ3n) is 1.74. The zero-order valence-corrected chi connectivity index (χ0v) is 8.65. The van der Waals surface area contributed by atoms with Gasteiger partial charge in [-0.2, -0.15) is 0 Å². The molecule has 0 bridgehead atoms. The zero-order valence-electron chi connectivity index (χ0n) is 7.06. The van der Waals surface area contributed by atoms with E-state index in [1.165, 1.54) is 17.1 Å². The number of nitrogens with zero attached hydrogens (tertiary/aromatic N) is 4. The van der Waals surface area contributed by atoms with Crippen molar-refractivity contribution >= 4 is 15.9 Å². The summed E-state index contributed by atoms with van der Waals surface area (Å²) in [6.07, 6.45) is 1.45. The van der Waals surface area contributed by atoms with Crippen molar-refractivity contribution in [3.63, 3.8) is 0 Å². The van der Waals surface area contributed by atoms with E-state index >= 15 is 0 Å². The Labute approximate surface area is 87.9 Å². The van der Waals surface area contributed by atoms with Crippen LogP contribution in [0.5, 0.6) is 0 Å². The van der Waals surface area contributed by atoms with E-state index in [-0.39, 0.29) is 5.82 Å². The minimum absolute atomic E-state index is 0.269. The monoisotopic (exact) mass is 256 g/mol. The molecule has 2 rings (SSSR count). The van der Waals surface area contributed by atoms with E-state index in [9.17, 15) is 4.39 Å². The predicted molar refractivity (Wildman–Crippen MR) is 51.0 cm³/mol. The molecule has 14 heavy (non-hydrogen) atoms. The molecule has 0 fully saturated rings. The lowest BCUT2D eigenvalue weighted by Gasteiger charge is -2.02. The average Bonchev–Trinajstić information content (AvgIpc) is 2.62. The van der Waals surface area contributed by atoms with Crippen LogP contribution in [0.1, 0.15) is 5.56 Å². The van der Waals surface area contributed by atoms with Gasteiger partial charge in [0.2, 0.25) is 0 Å². The zero-order chi connectivity index (χ0) is 9.97. The highest BCUT2D eigenvalue weighted by molar-refractivity contribution is 9.10. The van der Waals surface area contributed by atoms with E-state index in [4.69, 9.17) is 0 Å². The standard InChI is InChI=1S/C8H6BrFN4/c9-7-2-1-6(8(10)3-7)4-14-5-11-12-13-14/h1-3,5H,4H2. The van der Waals surface area contributed by atoms with Crippen molar-refractivity contribution in [2.45, 2.75) is 6.54 Å². The van der Waals surface area contributed by atoms with Crippen molar-refractivity contribution in [1.29, 1.82) is 0 Å². The largest absolute Gasteiger partial charge is 0.228 e. The lowest BCUT2D eigenvalue weighted by atomic mass is 10.2. The van der Waals surface area contributed by atoms with Gasteiger partial charge in [0.05, 0.1) is 6.54 Å². The molecule has 6 heteroatoms. The summed E-state index contributed by atoms with van der Waals surface area (Å²) in [5.74, 6) is -0.269. The minimum atomic E-state index is -0.269. The molecular formula is C8H6BrFN4. The lowest BCUT2D eigenvalue weighted by Crippen LogP contribution is -2.02. The van der Waals surface area contributed by atoms with Crippen molar-refractivity contribution in [1.82, 2.24) is 20.2 Å². The van der Waals surface area contributed by atoms with Crippen LogP contribution in [-0.2, 0) is 6.54 Å². The fourth-order valence-corrected chi connectivity index (χ4v) is 1.41. The van der Waals surface area contributed by atoms with Gasteiger partial charge in [-0.15, -0.1) is 5.10 Å². The minimum Gasteiger partial charge on any atom is -0.228 e. The first-order chi connectivity index (χ1) is 6.75. The van der Waals surface area contributed by atoms with Gasteiger partial charge in [0.15, 0.2) is 0 Å². The van der Waals surface area contributed by atoms with Crippen molar-refractivity contribution in [2.75, 3.05) is 0 Å². The van der Waals surface area contributed by atoms with E-state index in [0.717, 1.165) is 4.47 Å². The van der Waals surface area contributed by atoms with Gasteiger partial charge >= 0.3 is 0 Å². The topological polar surface area (TPSA) is 43.6 Å². The van der Waals surface area contributed by atoms with Crippen LogP contribution in [-0.4, -0.2) is 20.2 Å². The summed E-state index contributed by atoms with van der Waals surface area (Å²) < 4.78 is 15.5. The number of benzene rings is 1. The Morgan fingerprint density at radius 1 is 1.43 bits per heavy atom. The molecule has 0 aliphatic heterocycles. The molecule has 2 aromatic rings. The Hall–Kier alpha value is -1.30. The summed E-state index contributed by atoms with van der Waals surface area (Å²) in [7, 11) is 0. The van der Waals surface area contributed by atoms with Gasteiger partial charge in [0.1, 0.15) is 12.1 Å². The van der Waals surface area contributed by atoms with Gasteiger partial charge in [0, 0.05) is 10.0 Å². The number of rotatable bonds is 2. The Morgan fingerprint density at radius 2 is 2.29 bits per heavy atom. The first-order valence-electron chi connectivity index (χ1n) is 3.90. The molecule has 4 nitrogen and oxygen atoms in total.